The van der Waals surface area contributed by atoms with Crippen LogP contribution in [0, 0.1) is 10.1 Å². The zero-order valence-corrected chi connectivity index (χ0v) is 14.5. The Labute approximate surface area is 151 Å². The molecular weight excluding hydrogens is 334 g/mol. The van der Waals surface area contributed by atoms with Crippen molar-refractivity contribution in [1.82, 2.24) is 4.98 Å². The van der Waals surface area contributed by atoms with E-state index in [0.29, 0.717) is 61.4 Å². The van der Waals surface area contributed by atoms with E-state index in [4.69, 9.17) is 9.72 Å². The number of ether oxygens (including phenoxy) is 1. The number of hydrogen-bond donors (Lipinski definition) is 0. The fourth-order valence-corrected chi connectivity index (χ4v) is 4.00. The smallest absolute Gasteiger partial charge is 0.303 e. The molecule has 136 valence electrons. The van der Waals surface area contributed by atoms with Gasteiger partial charge in [0.2, 0.25) is 0 Å². The molecule has 0 N–H and O–H groups in total. The Morgan fingerprint density at radius 2 is 1.96 bits per heavy atom. The van der Waals surface area contributed by atoms with Gasteiger partial charge in [-0.1, -0.05) is 18.6 Å². The summed E-state index contributed by atoms with van der Waals surface area (Å²) in [6.07, 6.45) is 3.06. The lowest BCUT2D eigenvalue weighted by Gasteiger charge is -2.32. The fraction of sp³-hybridized carbons (Fsp3) is 0.474. The number of hydrogen-bond acceptors (Lipinski definition) is 6. The van der Waals surface area contributed by atoms with Gasteiger partial charge < -0.3 is 9.64 Å². The van der Waals surface area contributed by atoms with Crippen LogP contribution in [-0.4, -0.2) is 42.0 Å². The molecule has 0 bridgehead atoms. The number of morpholine rings is 1. The monoisotopic (exact) mass is 355 g/mol. The number of aromatic nitrogens is 1. The summed E-state index contributed by atoms with van der Waals surface area (Å²) >= 11 is 0. The molecule has 2 heterocycles. The molecular formula is C19H21N3O4. The highest BCUT2D eigenvalue weighted by molar-refractivity contribution is 5.98. The molecule has 1 unspecified atom stereocenters. The van der Waals surface area contributed by atoms with Gasteiger partial charge in [-0.05, 0) is 25.0 Å². The number of nitro groups is 1. The van der Waals surface area contributed by atoms with E-state index >= 15 is 0 Å². The number of carbonyl (C=O) groups excluding carboxylic acids is 1. The molecule has 1 saturated heterocycles. The standard InChI is InChI=1S/C19H21N3O4/c23-16-8-4-2-6-14(16)17-19(21-9-11-26-12-10-21)18(22(24)25)13-5-1-3-7-15(13)20-17/h1,3,5,7,14H,2,4,6,8-12H2. The number of ketones is 1. The molecule has 1 aliphatic carbocycles. The number of carbonyl (C=O) groups is 1. The van der Waals surface area contributed by atoms with Crippen LogP contribution in [0.5, 0.6) is 0 Å². The Morgan fingerprint density at radius 1 is 1.19 bits per heavy atom. The number of para-hydroxylation sites is 1. The Balaban J connectivity index is 1.98. The summed E-state index contributed by atoms with van der Waals surface area (Å²) < 4.78 is 5.42. The molecule has 4 rings (SSSR count). The van der Waals surface area contributed by atoms with Gasteiger partial charge in [0, 0.05) is 19.5 Å². The van der Waals surface area contributed by atoms with Crippen molar-refractivity contribution in [2.75, 3.05) is 31.2 Å². The van der Waals surface area contributed by atoms with Crippen molar-refractivity contribution in [3.8, 4) is 0 Å². The van der Waals surface area contributed by atoms with Crippen molar-refractivity contribution in [2.45, 2.75) is 31.6 Å². The summed E-state index contributed by atoms with van der Waals surface area (Å²) in [6, 6.07) is 7.12. The van der Waals surface area contributed by atoms with Crippen molar-refractivity contribution < 1.29 is 14.5 Å². The Hall–Kier alpha value is -2.54. The van der Waals surface area contributed by atoms with E-state index in [1.807, 2.05) is 11.0 Å². The lowest BCUT2D eigenvalue weighted by Crippen LogP contribution is -2.38. The second-order valence-electron chi connectivity index (χ2n) is 6.83. The van der Waals surface area contributed by atoms with E-state index in [2.05, 4.69) is 0 Å². The van der Waals surface area contributed by atoms with E-state index in [0.717, 1.165) is 12.8 Å². The molecule has 1 atom stereocenters. The molecule has 26 heavy (non-hydrogen) atoms. The normalized spacial score (nSPS) is 21.2. The molecule has 0 radical (unpaired) electrons. The molecule has 1 aromatic carbocycles. The molecule has 1 aliphatic heterocycles. The van der Waals surface area contributed by atoms with Gasteiger partial charge in [-0.15, -0.1) is 0 Å². The third kappa shape index (κ3) is 2.92. The first-order valence-electron chi connectivity index (χ1n) is 9.09. The van der Waals surface area contributed by atoms with Crippen molar-refractivity contribution in [2.24, 2.45) is 0 Å². The number of nitrogens with zero attached hydrogens (tertiary/aromatic N) is 3. The van der Waals surface area contributed by atoms with Crippen LogP contribution in [0.15, 0.2) is 24.3 Å². The Morgan fingerprint density at radius 3 is 2.69 bits per heavy atom. The first kappa shape index (κ1) is 16.9. The minimum absolute atomic E-state index is 0.0610. The highest BCUT2D eigenvalue weighted by Crippen LogP contribution is 2.43. The first-order chi connectivity index (χ1) is 12.7. The van der Waals surface area contributed by atoms with Crippen LogP contribution in [0.1, 0.15) is 37.3 Å². The van der Waals surface area contributed by atoms with E-state index in [9.17, 15) is 14.9 Å². The molecule has 1 aromatic heterocycles. The van der Waals surface area contributed by atoms with Crippen molar-refractivity contribution in [3.05, 3.63) is 40.1 Å². The van der Waals surface area contributed by atoms with Gasteiger partial charge in [-0.25, -0.2) is 4.98 Å². The van der Waals surface area contributed by atoms with Crippen molar-refractivity contribution in [1.29, 1.82) is 0 Å². The van der Waals surface area contributed by atoms with Crippen LogP contribution >= 0.6 is 0 Å². The number of Topliss-reactive ketones (excluding diaryl/α,β-unsaturated/α-hetero) is 1. The van der Waals surface area contributed by atoms with Crippen molar-refractivity contribution >= 4 is 28.1 Å². The average molecular weight is 355 g/mol. The van der Waals surface area contributed by atoms with Crippen LogP contribution in [-0.2, 0) is 9.53 Å². The van der Waals surface area contributed by atoms with E-state index in [1.165, 1.54) is 0 Å². The molecule has 1 saturated carbocycles. The third-order valence-corrected chi connectivity index (χ3v) is 5.26. The summed E-state index contributed by atoms with van der Waals surface area (Å²) in [4.78, 5) is 31.0. The lowest BCUT2D eigenvalue weighted by atomic mass is 9.84. The average Bonchev–Trinajstić information content (AvgIpc) is 2.67. The predicted octanol–water partition coefficient (Wildman–Crippen LogP) is 3.21. The van der Waals surface area contributed by atoms with Gasteiger partial charge >= 0.3 is 5.69 Å². The highest BCUT2D eigenvalue weighted by Gasteiger charge is 2.35. The number of pyridine rings is 1. The number of rotatable bonds is 3. The number of fused-ring (bicyclic) bond motifs is 1. The lowest BCUT2D eigenvalue weighted by molar-refractivity contribution is -0.382. The van der Waals surface area contributed by atoms with Crippen LogP contribution < -0.4 is 4.90 Å². The van der Waals surface area contributed by atoms with Crippen LogP contribution in [0.25, 0.3) is 10.9 Å². The van der Waals surface area contributed by atoms with E-state index in [-0.39, 0.29) is 22.3 Å². The maximum absolute atomic E-state index is 12.6. The minimum Gasteiger partial charge on any atom is -0.378 e. The number of benzene rings is 1. The SMILES string of the molecule is O=C1CCCCC1c1nc2ccccc2c([N+](=O)[O-])c1N1CCOCC1. The van der Waals surface area contributed by atoms with Gasteiger partial charge in [0.05, 0.1) is 40.7 Å². The summed E-state index contributed by atoms with van der Waals surface area (Å²) in [5.74, 6) is -0.215. The summed E-state index contributed by atoms with van der Waals surface area (Å²) in [7, 11) is 0. The predicted molar refractivity (Wildman–Crippen MR) is 97.6 cm³/mol. The molecule has 7 nitrogen and oxygen atoms in total. The quantitative estimate of drug-likeness (QED) is 0.621. The Kier molecular flexibility index (Phi) is 4.55. The van der Waals surface area contributed by atoms with E-state index in [1.54, 1.807) is 18.2 Å². The highest BCUT2D eigenvalue weighted by atomic mass is 16.6. The van der Waals surface area contributed by atoms with Gasteiger partial charge in [-0.2, -0.15) is 0 Å². The first-order valence-corrected chi connectivity index (χ1v) is 9.09. The van der Waals surface area contributed by atoms with Crippen LogP contribution in [0.3, 0.4) is 0 Å². The van der Waals surface area contributed by atoms with Gasteiger partial charge in [0.15, 0.2) is 0 Å². The summed E-state index contributed by atoms with van der Waals surface area (Å²) in [5, 5.41) is 12.5. The minimum atomic E-state index is -0.357. The maximum Gasteiger partial charge on any atom is 0.303 e. The summed E-state index contributed by atoms with van der Waals surface area (Å²) in [6.45, 7) is 2.16. The van der Waals surface area contributed by atoms with Gasteiger partial charge in [0.1, 0.15) is 11.5 Å². The molecule has 7 heteroatoms. The second kappa shape index (κ2) is 6.99. The maximum atomic E-state index is 12.6. The fourth-order valence-electron chi connectivity index (χ4n) is 4.00. The third-order valence-electron chi connectivity index (χ3n) is 5.26. The molecule has 0 amide bonds. The molecule has 2 aromatic rings. The topological polar surface area (TPSA) is 85.6 Å². The number of anilines is 1. The Bertz CT molecular complexity index is 861. The zero-order chi connectivity index (χ0) is 18.1. The molecule has 2 aliphatic rings. The molecule has 2 fully saturated rings. The van der Waals surface area contributed by atoms with Crippen molar-refractivity contribution in [3.63, 3.8) is 0 Å². The zero-order valence-electron chi connectivity index (χ0n) is 14.5. The summed E-state index contributed by atoms with van der Waals surface area (Å²) in [5.41, 5.74) is 1.72. The molecule has 0 spiro atoms. The van der Waals surface area contributed by atoms with Gasteiger partial charge in [0.25, 0.3) is 0 Å². The van der Waals surface area contributed by atoms with Crippen LogP contribution in [0.4, 0.5) is 11.4 Å². The van der Waals surface area contributed by atoms with E-state index < -0.39 is 0 Å². The van der Waals surface area contributed by atoms with Gasteiger partial charge in [-0.3, -0.25) is 14.9 Å². The van der Waals surface area contributed by atoms with Crippen LogP contribution in [0.2, 0.25) is 0 Å². The largest absolute Gasteiger partial charge is 0.378 e. The second-order valence-corrected chi connectivity index (χ2v) is 6.83.